The van der Waals surface area contributed by atoms with Crippen LogP contribution in [0.1, 0.15) is 0 Å². The maximum Gasteiger partial charge on any atom is 3.00 e. The molecule has 12 heteroatoms. The molecule has 0 atom stereocenters. The van der Waals surface area contributed by atoms with Gasteiger partial charge in [-0.05, 0) is 0 Å². The molecule has 0 nitrogen and oxygen atoms in total. The number of hydrogen-bond acceptors (Lipinski definition) is 0. The predicted octanol–water partition coefficient (Wildman–Crippen LogP) is -30.7. The molecule has 0 spiro atoms. The zero-order valence-corrected chi connectivity index (χ0v) is 13.6. The SMILES string of the molecule is [Cl-].[Cl-].[Cl-].[Cl-].[Cl-].[F-].[F-].[F-].[F-].[F-].[Sb+3].[Sb+3]. The van der Waals surface area contributed by atoms with Gasteiger partial charge in [0.1, 0.15) is 0 Å². The van der Waals surface area contributed by atoms with Gasteiger partial charge in [-0.15, -0.1) is 0 Å². The summed E-state index contributed by atoms with van der Waals surface area (Å²) in [5, 5.41) is 0. The van der Waals surface area contributed by atoms with Crippen LogP contribution in [-0.2, 0) is 0 Å². The van der Waals surface area contributed by atoms with Crippen LogP contribution in [0.15, 0.2) is 0 Å². The molecule has 12 heavy (non-hydrogen) atoms. The molecule has 0 N–H and O–H groups in total. The standard InChI is InChI=1S/5ClH.5FH.2Sb/h10*1H;;/q;;;;;;;;;;2*+3/p-10. The topological polar surface area (TPSA) is 0 Å². The van der Waals surface area contributed by atoms with Crippen LogP contribution in [0.4, 0.5) is 0 Å². The number of halogens is 10. The average molecular weight is 516 g/mol. The molecule has 0 aliphatic heterocycles. The van der Waals surface area contributed by atoms with Crippen LogP contribution in [0, 0.1) is 0 Å². The summed E-state index contributed by atoms with van der Waals surface area (Å²) in [5.74, 6) is 0. The molecular weight excluding hydrogens is 516 g/mol. The van der Waals surface area contributed by atoms with Gasteiger partial charge in [-0.1, -0.05) is 0 Å². The molecule has 0 saturated heterocycles. The molecule has 4 radical (unpaired) electrons. The molecule has 0 unspecified atom stereocenters. The van der Waals surface area contributed by atoms with Gasteiger partial charge in [0.15, 0.2) is 0 Å². The van der Waals surface area contributed by atoms with Crippen molar-refractivity contribution in [3.05, 3.63) is 0 Å². The largest absolute Gasteiger partial charge is 3.00 e. The van der Waals surface area contributed by atoms with Gasteiger partial charge in [0.2, 0.25) is 0 Å². The minimum Gasteiger partial charge on any atom is -1.00 e. The van der Waals surface area contributed by atoms with Crippen molar-refractivity contribution in [2.24, 2.45) is 0 Å². The molecule has 0 aromatic rings. The molecule has 0 aromatic carbocycles. The Kier molecular flexibility index (Phi) is 9210. The van der Waals surface area contributed by atoms with E-state index < -0.39 is 0 Å². The minimum atomic E-state index is 0. The van der Waals surface area contributed by atoms with Crippen molar-refractivity contribution in [1.29, 1.82) is 0 Å². The summed E-state index contributed by atoms with van der Waals surface area (Å²) in [4.78, 5) is 0. The van der Waals surface area contributed by atoms with E-state index in [1.807, 2.05) is 0 Å². The monoisotopic (exact) mass is 512 g/mol. The third-order valence-electron chi connectivity index (χ3n) is 0. The summed E-state index contributed by atoms with van der Waals surface area (Å²) >= 11 is 0. The summed E-state index contributed by atoms with van der Waals surface area (Å²) in [6.07, 6.45) is 0. The van der Waals surface area contributed by atoms with Crippen molar-refractivity contribution in [3.63, 3.8) is 0 Å². The van der Waals surface area contributed by atoms with Crippen LogP contribution >= 0.6 is 0 Å². The van der Waals surface area contributed by atoms with Gasteiger partial charge in [-0.25, -0.2) is 0 Å². The Morgan fingerprint density at radius 1 is 0.250 bits per heavy atom. The average Bonchev–Trinajstić information content (AvgIpc) is 0. The summed E-state index contributed by atoms with van der Waals surface area (Å²) < 4.78 is 0. The Morgan fingerprint density at radius 2 is 0.250 bits per heavy atom. The van der Waals surface area contributed by atoms with Crippen molar-refractivity contribution in [2.45, 2.75) is 0 Å². The molecule has 0 saturated carbocycles. The molecule has 0 aliphatic rings. The van der Waals surface area contributed by atoms with Crippen LogP contribution in [0.5, 0.6) is 0 Å². The molecule has 0 amide bonds. The van der Waals surface area contributed by atoms with Crippen molar-refractivity contribution in [3.8, 4) is 0 Å². The number of hydrogen-bond donors (Lipinski definition) is 0. The van der Waals surface area contributed by atoms with Crippen molar-refractivity contribution < 1.29 is 85.6 Å². The van der Waals surface area contributed by atoms with Crippen LogP contribution in [0.3, 0.4) is 0 Å². The predicted molar refractivity (Wildman–Crippen MR) is 11.5 cm³/mol. The molecule has 0 heterocycles. The van der Waals surface area contributed by atoms with E-state index in [4.69, 9.17) is 0 Å². The first-order chi connectivity index (χ1) is 0. The maximum atomic E-state index is 0. The molecule has 0 bridgehead atoms. The van der Waals surface area contributed by atoms with Gasteiger partial charge in [-0.3, -0.25) is 0 Å². The second-order valence-corrected chi connectivity index (χ2v) is 0. The van der Waals surface area contributed by atoms with E-state index in [0.717, 1.165) is 0 Å². The Bertz CT molecular complexity index is 17.8. The third-order valence-corrected chi connectivity index (χ3v) is 0. The third kappa shape index (κ3) is 234. The van der Waals surface area contributed by atoms with E-state index in [9.17, 15) is 0 Å². The second-order valence-electron chi connectivity index (χ2n) is 0. The fraction of sp³-hybridized carbons (Fsp3) is 0. The van der Waals surface area contributed by atoms with Gasteiger partial charge in [-0.2, -0.15) is 0 Å². The maximum absolute atomic E-state index is 0. The van der Waals surface area contributed by atoms with E-state index in [0.29, 0.717) is 0 Å². The van der Waals surface area contributed by atoms with Crippen LogP contribution in [0.25, 0.3) is 0 Å². The summed E-state index contributed by atoms with van der Waals surface area (Å²) in [6.45, 7) is 0. The van der Waals surface area contributed by atoms with Gasteiger partial charge in [0.25, 0.3) is 0 Å². The van der Waals surface area contributed by atoms with E-state index in [-0.39, 0.29) is 134 Å². The molecule has 0 aromatic heterocycles. The fourth-order valence-corrected chi connectivity index (χ4v) is 0. The van der Waals surface area contributed by atoms with Gasteiger partial charge in [0, 0.05) is 0 Å². The van der Waals surface area contributed by atoms with Crippen LogP contribution < -0.4 is 85.6 Å². The van der Waals surface area contributed by atoms with Crippen molar-refractivity contribution in [1.82, 2.24) is 0 Å². The Labute approximate surface area is 133 Å². The molecule has 0 rings (SSSR count). The summed E-state index contributed by atoms with van der Waals surface area (Å²) in [5.41, 5.74) is 0. The normalized spacial score (nSPS) is 0. The Hall–Kier alpha value is 2.74. The van der Waals surface area contributed by atoms with Crippen LogP contribution in [0.2, 0.25) is 0 Å². The molecule has 0 fully saturated rings. The first-order valence-electron chi connectivity index (χ1n) is 0. The molecular formula is Cl5F5Sb2-4. The van der Waals surface area contributed by atoms with Gasteiger partial charge < -0.3 is 85.6 Å². The fourth-order valence-electron chi connectivity index (χ4n) is 0. The summed E-state index contributed by atoms with van der Waals surface area (Å²) in [6, 6.07) is 0. The Balaban J connectivity index is 0. The minimum absolute atomic E-state index is 0. The zero-order chi connectivity index (χ0) is 0. The first kappa shape index (κ1) is 371. The van der Waals surface area contributed by atoms with Crippen molar-refractivity contribution in [2.75, 3.05) is 0 Å². The Morgan fingerprint density at radius 3 is 0.250 bits per heavy atom. The molecule has 0 aliphatic carbocycles. The van der Waals surface area contributed by atoms with Crippen molar-refractivity contribution >= 4 is 48.9 Å². The van der Waals surface area contributed by atoms with E-state index in [1.165, 1.54) is 0 Å². The van der Waals surface area contributed by atoms with E-state index >= 15 is 0 Å². The second kappa shape index (κ2) is 298. The summed E-state index contributed by atoms with van der Waals surface area (Å²) in [7, 11) is 0. The molecule has 84 valence electrons. The van der Waals surface area contributed by atoms with Gasteiger partial charge >= 0.3 is 48.9 Å². The smallest absolute Gasteiger partial charge is 1.00 e. The van der Waals surface area contributed by atoms with E-state index in [1.54, 1.807) is 0 Å². The zero-order valence-electron chi connectivity index (χ0n) is 4.67. The van der Waals surface area contributed by atoms with E-state index in [2.05, 4.69) is 0 Å². The van der Waals surface area contributed by atoms with Crippen LogP contribution in [-0.4, -0.2) is 48.9 Å². The first-order valence-corrected chi connectivity index (χ1v) is 0. The number of rotatable bonds is 0. The van der Waals surface area contributed by atoms with Gasteiger partial charge in [0.05, 0.1) is 0 Å². The quantitative estimate of drug-likeness (QED) is 0.222.